The summed E-state index contributed by atoms with van der Waals surface area (Å²) in [5.74, 6) is 1.90. The van der Waals surface area contributed by atoms with Crippen molar-refractivity contribution in [1.82, 2.24) is 0 Å². The van der Waals surface area contributed by atoms with Crippen LogP contribution in [-0.2, 0) is 0 Å². The van der Waals surface area contributed by atoms with E-state index in [4.69, 9.17) is 5.73 Å². The van der Waals surface area contributed by atoms with Crippen molar-refractivity contribution in [2.24, 2.45) is 17.6 Å². The number of hydrogen-bond acceptors (Lipinski definition) is 1. The van der Waals surface area contributed by atoms with E-state index in [0.29, 0.717) is 6.04 Å². The van der Waals surface area contributed by atoms with Gasteiger partial charge < -0.3 is 5.73 Å². The molecule has 2 N–H and O–H groups in total. The van der Waals surface area contributed by atoms with Crippen molar-refractivity contribution in [1.29, 1.82) is 0 Å². The van der Waals surface area contributed by atoms with Gasteiger partial charge in [-0.05, 0) is 38.0 Å². The SMILES string of the molecule is CC(C[C@@H](C)N)C1CC1. The van der Waals surface area contributed by atoms with Crippen molar-refractivity contribution < 1.29 is 0 Å². The Morgan fingerprint density at radius 3 is 2.33 bits per heavy atom. The lowest BCUT2D eigenvalue weighted by Crippen LogP contribution is -2.18. The zero-order valence-electron chi connectivity index (χ0n) is 6.43. The van der Waals surface area contributed by atoms with Gasteiger partial charge in [0.2, 0.25) is 0 Å². The van der Waals surface area contributed by atoms with Gasteiger partial charge in [0.15, 0.2) is 0 Å². The van der Waals surface area contributed by atoms with Crippen LogP contribution in [0.25, 0.3) is 0 Å². The molecule has 1 saturated carbocycles. The Morgan fingerprint density at radius 1 is 1.44 bits per heavy atom. The average Bonchev–Trinajstić information content (AvgIpc) is 2.40. The highest BCUT2D eigenvalue weighted by atomic mass is 14.6. The second kappa shape index (κ2) is 2.70. The third-order valence-corrected chi connectivity index (χ3v) is 2.17. The van der Waals surface area contributed by atoms with E-state index < -0.39 is 0 Å². The zero-order chi connectivity index (χ0) is 6.85. The lowest BCUT2D eigenvalue weighted by molar-refractivity contribution is 0.433. The van der Waals surface area contributed by atoms with Crippen LogP contribution in [0.3, 0.4) is 0 Å². The van der Waals surface area contributed by atoms with Gasteiger partial charge in [-0.3, -0.25) is 0 Å². The smallest absolute Gasteiger partial charge is 0.00131 e. The summed E-state index contributed by atoms with van der Waals surface area (Å²) >= 11 is 0. The summed E-state index contributed by atoms with van der Waals surface area (Å²) in [4.78, 5) is 0. The van der Waals surface area contributed by atoms with Crippen LogP contribution in [0.15, 0.2) is 0 Å². The van der Waals surface area contributed by atoms with Crippen LogP contribution >= 0.6 is 0 Å². The standard InChI is InChI=1S/C8H17N/c1-6(5-7(2)9)8-3-4-8/h6-8H,3-5,9H2,1-2H3/t6?,7-/m1/s1. The van der Waals surface area contributed by atoms with Crippen molar-refractivity contribution in [3.8, 4) is 0 Å². The van der Waals surface area contributed by atoms with Gasteiger partial charge in [-0.1, -0.05) is 6.92 Å². The first kappa shape index (κ1) is 7.07. The molecule has 1 nitrogen and oxygen atoms in total. The molecule has 2 atom stereocenters. The van der Waals surface area contributed by atoms with E-state index in [9.17, 15) is 0 Å². The molecule has 0 aromatic carbocycles. The molecule has 1 aliphatic carbocycles. The quantitative estimate of drug-likeness (QED) is 0.614. The van der Waals surface area contributed by atoms with Crippen LogP contribution in [0.5, 0.6) is 0 Å². The summed E-state index contributed by atoms with van der Waals surface area (Å²) < 4.78 is 0. The molecule has 0 heterocycles. The minimum atomic E-state index is 0.403. The van der Waals surface area contributed by atoms with Crippen molar-refractivity contribution in [2.75, 3.05) is 0 Å². The molecule has 0 spiro atoms. The highest BCUT2D eigenvalue weighted by Gasteiger charge is 2.27. The molecule has 0 bridgehead atoms. The lowest BCUT2D eigenvalue weighted by Gasteiger charge is -2.11. The van der Waals surface area contributed by atoms with E-state index in [1.54, 1.807) is 0 Å². The molecule has 1 unspecified atom stereocenters. The maximum Gasteiger partial charge on any atom is 0.00131 e. The van der Waals surface area contributed by atoms with Crippen molar-refractivity contribution in [3.63, 3.8) is 0 Å². The Bertz CT molecular complexity index is 84.6. The first-order valence-corrected chi connectivity index (χ1v) is 3.95. The number of nitrogens with two attached hydrogens (primary N) is 1. The van der Waals surface area contributed by atoms with E-state index in [0.717, 1.165) is 11.8 Å². The third-order valence-electron chi connectivity index (χ3n) is 2.17. The lowest BCUT2D eigenvalue weighted by atomic mass is 9.99. The van der Waals surface area contributed by atoms with E-state index in [1.807, 2.05) is 0 Å². The molecular weight excluding hydrogens is 110 g/mol. The van der Waals surface area contributed by atoms with Crippen molar-refractivity contribution >= 4 is 0 Å². The Hall–Kier alpha value is -0.0400. The van der Waals surface area contributed by atoms with Gasteiger partial charge in [-0.25, -0.2) is 0 Å². The monoisotopic (exact) mass is 127 g/mol. The summed E-state index contributed by atoms with van der Waals surface area (Å²) in [7, 11) is 0. The topological polar surface area (TPSA) is 26.0 Å². The summed E-state index contributed by atoms with van der Waals surface area (Å²) in [6, 6.07) is 0.403. The fraction of sp³-hybridized carbons (Fsp3) is 1.00. The molecule has 1 rings (SSSR count). The maximum atomic E-state index is 5.66. The summed E-state index contributed by atoms with van der Waals surface area (Å²) in [5, 5.41) is 0. The molecule has 0 amide bonds. The molecule has 0 saturated heterocycles. The predicted molar refractivity (Wildman–Crippen MR) is 40.2 cm³/mol. The highest BCUT2D eigenvalue weighted by molar-refractivity contribution is 4.79. The van der Waals surface area contributed by atoms with Crippen LogP contribution < -0.4 is 5.73 Å². The molecule has 1 aliphatic rings. The fourth-order valence-electron chi connectivity index (χ4n) is 1.44. The highest BCUT2D eigenvalue weighted by Crippen LogP contribution is 2.38. The molecular formula is C8H17N. The van der Waals surface area contributed by atoms with Crippen LogP contribution in [0, 0.1) is 11.8 Å². The van der Waals surface area contributed by atoms with Crippen LogP contribution in [0.4, 0.5) is 0 Å². The van der Waals surface area contributed by atoms with E-state index >= 15 is 0 Å². The van der Waals surface area contributed by atoms with Gasteiger partial charge in [0.05, 0.1) is 0 Å². The van der Waals surface area contributed by atoms with E-state index in [2.05, 4.69) is 13.8 Å². The van der Waals surface area contributed by atoms with E-state index in [-0.39, 0.29) is 0 Å². The largest absolute Gasteiger partial charge is 0.328 e. The number of rotatable bonds is 3. The Morgan fingerprint density at radius 2 is 2.00 bits per heavy atom. The van der Waals surface area contributed by atoms with Gasteiger partial charge in [0.1, 0.15) is 0 Å². The van der Waals surface area contributed by atoms with Gasteiger partial charge in [-0.15, -0.1) is 0 Å². The molecule has 0 aromatic heterocycles. The summed E-state index contributed by atoms with van der Waals surface area (Å²) in [6.07, 6.45) is 4.12. The molecule has 0 radical (unpaired) electrons. The normalized spacial score (nSPS) is 25.7. The first-order valence-electron chi connectivity index (χ1n) is 3.95. The van der Waals surface area contributed by atoms with Crippen LogP contribution in [0.1, 0.15) is 33.1 Å². The molecule has 9 heavy (non-hydrogen) atoms. The van der Waals surface area contributed by atoms with Gasteiger partial charge in [0.25, 0.3) is 0 Å². The third kappa shape index (κ3) is 2.35. The molecule has 0 aliphatic heterocycles. The second-order valence-electron chi connectivity index (χ2n) is 3.53. The zero-order valence-corrected chi connectivity index (χ0v) is 6.43. The Balaban J connectivity index is 2.10. The number of hydrogen-bond donors (Lipinski definition) is 1. The summed E-state index contributed by atoms with van der Waals surface area (Å²) in [5.41, 5.74) is 5.66. The second-order valence-corrected chi connectivity index (χ2v) is 3.53. The van der Waals surface area contributed by atoms with Crippen molar-refractivity contribution in [3.05, 3.63) is 0 Å². The first-order chi connectivity index (χ1) is 4.20. The average molecular weight is 127 g/mol. The van der Waals surface area contributed by atoms with Gasteiger partial charge in [0, 0.05) is 6.04 Å². The minimum absolute atomic E-state index is 0.403. The van der Waals surface area contributed by atoms with Crippen LogP contribution in [-0.4, -0.2) is 6.04 Å². The van der Waals surface area contributed by atoms with Gasteiger partial charge in [-0.2, -0.15) is 0 Å². The molecule has 54 valence electrons. The summed E-state index contributed by atoms with van der Waals surface area (Å²) in [6.45, 7) is 4.42. The van der Waals surface area contributed by atoms with E-state index in [1.165, 1.54) is 19.3 Å². The van der Waals surface area contributed by atoms with Crippen molar-refractivity contribution in [2.45, 2.75) is 39.2 Å². The molecule has 0 aromatic rings. The molecule has 1 heteroatoms. The van der Waals surface area contributed by atoms with Gasteiger partial charge >= 0.3 is 0 Å². The van der Waals surface area contributed by atoms with Crippen LogP contribution in [0.2, 0.25) is 0 Å². The maximum absolute atomic E-state index is 5.66. The minimum Gasteiger partial charge on any atom is -0.328 e. The predicted octanol–water partition coefficient (Wildman–Crippen LogP) is 1.77. The Kier molecular flexibility index (Phi) is 2.12. The fourth-order valence-corrected chi connectivity index (χ4v) is 1.44. The molecule has 1 fully saturated rings. The Labute approximate surface area is 57.6 Å².